The number of amides is 1. The number of benzene rings is 3. The maximum Gasteiger partial charge on any atom is 0.264 e. The zero-order chi connectivity index (χ0) is 24.1. The minimum absolute atomic E-state index is 0.143. The highest BCUT2D eigenvalue weighted by Gasteiger charge is 2.37. The van der Waals surface area contributed by atoms with Crippen LogP contribution in [0.3, 0.4) is 0 Å². The summed E-state index contributed by atoms with van der Waals surface area (Å²) in [5.74, 6) is 1.21. The number of fused-ring (bicyclic) bond motifs is 1. The number of aryl methyl sites for hydroxylation is 1. The van der Waals surface area contributed by atoms with Gasteiger partial charge in [0, 0.05) is 6.07 Å². The van der Waals surface area contributed by atoms with Crippen molar-refractivity contribution < 1.29 is 27.4 Å². The van der Waals surface area contributed by atoms with E-state index < -0.39 is 22.0 Å². The van der Waals surface area contributed by atoms with Crippen molar-refractivity contribution in [3.63, 3.8) is 0 Å². The number of methoxy groups -OCH3 is 1. The lowest BCUT2D eigenvalue weighted by Crippen LogP contribution is -2.51. The van der Waals surface area contributed by atoms with Crippen molar-refractivity contribution in [1.29, 1.82) is 0 Å². The molecule has 3 aromatic rings. The second kappa shape index (κ2) is 10.0. The van der Waals surface area contributed by atoms with Crippen LogP contribution in [0.15, 0.2) is 77.7 Å². The third kappa shape index (κ3) is 5.09. The number of sulfonamides is 1. The van der Waals surface area contributed by atoms with Crippen molar-refractivity contribution in [2.75, 3.05) is 31.1 Å². The summed E-state index contributed by atoms with van der Waals surface area (Å²) in [6, 6.07) is 20.5. The fourth-order valence-corrected chi connectivity index (χ4v) is 5.09. The first-order valence-electron chi connectivity index (χ1n) is 10.8. The average Bonchev–Trinajstić information content (AvgIpc) is 2.86. The summed E-state index contributed by atoms with van der Waals surface area (Å²) in [7, 11) is -2.31. The zero-order valence-corrected chi connectivity index (χ0v) is 19.7. The standard InChI is InChI=1S/C25H26N2O6S/c1-18-11-12-22-23(15-18)33-24(17-27(22)34(29,30)21-9-4-3-5-10-21)25(28)26-13-14-32-20-8-6-7-19(16-20)31-2/h3-12,15-16,24H,13-14,17H2,1-2H3,(H,26,28)/t24-/m1/s1. The van der Waals surface area contributed by atoms with E-state index in [-0.39, 0.29) is 24.6 Å². The van der Waals surface area contributed by atoms with Crippen LogP contribution in [-0.4, -0.2) is 47.2 Å². The topological polar surface area (TPSA) is 94.2 Å². The Kier molecular flexibility index (Phi) is 6.93. The molecule has 0 saturated heterocycles. The van der Waals surface area contributed by atoms with Crippen LogP contribution < -0.4 is 23.8 Å². The van der Waals surface area contributed by atoms with Gasteiger partial charge in [0.05, 0.1) is 30.8 Å². The molecule has 8 nitrogen and oxygen atoms in total. The highest BCUT2D eigenvalue weighted by molar-refractivity contribution is 7.92. The zero-order valence-electron chi connectivity index (χ0n) is 18.9. The first-order valence-corrected chi connectivity index (χ1v) is 12.2. The molecule has 0 radical (unpaired) electrons. The summed E-state index contributed by atoms with van der Waals surface area (Å²) in [5.41, 5.74) is 1.29. The van der Waals surface area contributed by atoms with E-state index in [0.717, 1.165) is 5.56 Å². The number of nitrogens with one attached hydrogen (secondary N) is 1. The van der Waals surface area contributed by atoms with Crippen molar-refractivity contribution in [3.05, 3.63) is 78.4 Å². The molecule has 0 aromatic heterocycles. The third-order valence-corrected chi connectivity index (χ3v) is 7.11. The van der Waals surface area contributed by atoms with Gasteiger partial charge in [0.15, 0.2) is 6.10 Å². The SMILES string of the molecule is COc1cccc(OCCNC(=O)[C@H]2CN(S(=O)(=O)c3ccccc3)c3ccc(C)cc3O2)c1. The van der Waals surface area contributed by atoms with Crippen LogP contribution in [0.1, 0.15) is 5.56 Å². The van der Waals surface area contributed by atoms with Crippen molar-refractivity contribution in [2.45, 2.75) is 17.9 Å². The van der Waals surface area contributed by atoms with Gasteiger partial charge in [0.2, 0.25) is 0 Å². The summed E-state index contributed by atoms with van der Waals surface area (Å²) in [5, 5.41) is 2.77. The van der Waals surface area contributed by atoms with E-state index in [9.17, 15) is 13.2 Å². The number of anilines is 1. The molecule has 1 aliphatic heterocycles. The van der Waals surface area contributed by atoms with Crippen LogP contribution in [0.2, 0.25) is 0 Å². The van der Waals surface area contributed by atoms with Crippen molar-refractivity contribution in [3.8, 4) is 17.2 Å². The third-order valence-electron chi connectivity index (χ3n) is 5.32. The van der Waals surface area contributed by atoms with Gasteiger partial charge in [-0.3, -0.25) is 9.10 Å². The molecule has 4 rings (SSSR count). The molecule has 1 atom stereocenters. The van der Waals surface area contributed by atoms with Crippen molar-refractivity contribution >= 4 is 21.6 Å². The molecule has 1 heterocycles. The molecule has 0 saturated carbocycles. The van der Waals surface area contributed by atoms with E-state index >= 15 is 0 Å². The summed E-state index contributed by atoms with van der Waals surface area (Å²) in [6.45, 7) is 2.19. The van der Waals surface area contributed by atoms with Gasteiger partial charge < -0.3 is 19.5 Å². The molecule has 178 valence electrons. The van der Waals surface area contributed by atoms with E-state index in [1.807, 2.05) is 25.1 Å². The monoisotopic (exact) mass is 482 g/mol. The lowest BCUT2D eigenvalue weighted by Gasteiger charge is -2.35. The predicted molar refractivity (Wildman–Crippen MR) is 128 cm³/mol. The molecule has 0 unspecified atom stereocenters. The summed E-state index contributed by atoms with van der Waals surface area (Å²) >= 11 is 0. The molecule has 0 spiro atoms. The van der Waals surface area contributed by atoms with Gasteiger partial charge in [0.1, 0.15) is 23.9 Å². The highest BCUT2D eigenvalue weighted by atomic mass is 32.2. The minimum Gasteiger partial charge on any atom is -0.497 e. The first-order chi connectivity index (χ1) is 16.4. The van der Waals surface area contributed by atoms with Crippen molar-refractivity contribution in [2.24, 2.45) is 0 Å². The highest BCUT2D eigenvalue weighted by Crippen LogP contribution is 2.37. The number of carbonyl (C=O) groups excluding carboxylic acids is 1. The molecule has 34 heavy (non-hydrogen) atoms. The Bertz CT molecular complexity index is 1260. The second-order valence-corrected chi connectivity index (χ2v) is 9.61. The van der Waals surface area contributed by atoms with Crippen LogP contribution in [-0.2, 0) is 14.8 Å². The van der Waals surface area contributed by atoms with E-state index in [1.165, 1.54) is 16.4 Å². The maximum atomic E-state index is 13.4. The molecule has 0 fully saturated rings. The Morgan fingerprint density at radius 3 is 2.59 bits per heavy atom. The largest absolute Gasteiger partial charge is 0.497 e. The number of hydrogen-bond acceptors (Lipinski definition) is 6. The molecular weight excluding hydrogens is 456 g/mol. The smallest absolute Gasteiger partial charge is 0.264 e. The van der Waals surface area contributed by atoms with Crippen LogP contribution in [0, 0.1) is 6.92 Å². The lowest BCUT2D eigenvalue weighted by atomic mass is 10.1. The predicted octanol–water partition coefficient (Wildman–Crippen LogP) is 3.16. The Morgan fingerprint density at radius 1 is 1.06 bits per heavy atom. The summed E-state index contributed by atoms with van der Waals surface area (Å²) in [6.07, 6.45) is -1.01. The van der Waals surface area contributed by atoms with E-state index in [1.54, 1.807) is 49.6 Å². The second-order valence-electron chi connectivity index (χ2n) is 7.75. The number of nitrogens with zero attached hydrogens (tertiary/aromatic N) is 1. The molecule has 3 aromatic carbocycles. The number of rotatable bonds is 8. The van der Waals surface area contributed by atoms with Gasteiger partial charge >= 0.3 is 0 Å². The molecule has 0 bridgehead atoms. The van der Waals surface area contributed by atoms with E-state index in [2.05, 4.69) is 5.32 Å². The molecular formula is C25H26N2O6S. The number of ether oxygens (including phenoxy) is 3. The van der Waals surface area contributed by atoms with Crippen molar-refractivity contribution in [1.82, 2.24) is 5.32 Å². The Labute approximate surface area is 199 Å². The Balaban J connectivity index is 1.46. The molecule has 1 aliphatic rings. The van der Waals surface area contributed by atoms with Crippen LogP contribution in [0.4, 0.5) is 5.69 Å². The van der Waals surface area contributed by atoms with Crippen LogP contribution in [0.5, 0.6) is 17.2 Å². The van der Waals surface area contributed by atoms with Crippen LogP contribution in [0.25, 0.3) is 0 Å². The van der Waals surface area contributed by atoms with E-state index in [4.69, 9.17) is 14.2 Å². The van der Waals surface area contributed by atoms with Crippen LogP contribution >= 0.6 is 0 Å². The normalized spacial score (nSPS) is 15.1. The molecule has 1 amide bonds. The Hall–Kier alpha value is -3.72. The first kappa shape index (κ1) is 23.4. The van der Waals surface area contributed by atoms with Gasteiger partial charge in [-0.05, 0) is 48.9 Å². The summed E-state index contributed by atoms with van der Waals surface area (Å²) in [4.78, 5) is 13.0. The molecule has 0 aliphatic carbocycles. The van der Waals surface area contributed by atoms with Gasteiger partial charge in [-0.2, -0.15) is 0 Å². The van der Waals surface area contributed by atoms with Gasteiger partial charge in [0.25, 0.3) is 15.9 Å². The quantitative estimate of drug-likeness (QED) is 0.496. The Morgan fingerprint density at radius 2 is 1.82 bits per heavy atom. The minimum atomic E-state index is -3.89. The fraction of sp³-hybridized carbons (Fsp3) is 0.240. The van der Waals surface area contributed by atoms with Gasteiger partial charge in [-0.25, -0.2) is 8.42 Å². The molecule has 9 heteroatoms. The molecule has 1 N–H and O–H groups in total. The van der Waals surface area contributed by atoms with E-state index in [0.29, 0.717) is 22.9 Å². The van der Waals surface area contributed by atoms with Gasteiger partial charge in [-0.15, -0.1) is 0 Å². The average molecular weight is 483 g/mol. The fourth-order valence-electron chi connectivity index (χ4n) is 3.59. The maximum absolute atomic E-state index is 13.4. The summed E-state index contributed by atoms with van der Waals surface area (Å²) < 4.78 is 44.7. The number of hydrogen-bond donors (Lipinski definition) is 1. The lowest BCUT2D eigenvalue weighted by molar-refractivity contribution is -0.127. The van der Waals surface area contributed by atoms with Gasteiger partial charge in [-0.1, -0.05) is 30.3 Å². The number of carbonyl (C=O) groups is 1.